The molecule has 1 aromatic carbocycles. The van der Waals surface area contributed by atoms with Crippen molar-refractivity contribution < 1.29 is 24.2 Å². The molecule has 1 aliphatic heterocycles. The zero-order valence-electron chi connectivity index (χ0n) is 14.6. The second-order valence-electron chi connectivity index (χ2n) is 5.72. The van der Waals surface area contributed by atoms with Crippen molar-refractivity contribution in [2.24, 2.45) is 0 Å². The van der Waals surface area contributed by atoms with Gasteiger partial charge in [0.1, 0.15) is 11.5 Å². The van der Waals surface area contributed by atoms with Crippen LogP contribution in [0, 0.1) is 0 Å². The molecule has 2 aromatic rings. The van der Waals surface area contributed by atoms with Crippen molar-refractivity contribution in [2.45, 2.75) is 13.0 Å². The number of aliphatic hydroxyl groups is 1. The van der Waals surface area contributed by atoms with Gasteiger partial charge in [0.25, 0.3) is 5.91 Å². The molecular formula is C19H18N2O5. The van der Waals surface area contributed by atoms with Crippen LogP contribution in [0.25, 0.3) is 0 Å². The van der Waals surface area contributed by atoms with Crippen LogP contribution in [0.4, 0.5) is 5.69 Å². The zero-order chi connectivity index (χ0) is 18.8. The minimum atomic E-state index is -0.829. The Hall–Kier alpha value is -3.35. The molecule has 0 aliphatic carbocycles. The van der Waals surface area contributed by atoms with Gasteiger partial charge >= 0.3 is 0 Å². The summed E-state index contributed by atoms with van der Waals surface area (Å²) in [5.41, 5.74) is 1.03. The van der Waals surface area contributed by atoms with Gasteiger partial charge in [0.2, 0.25) is 0 Å². The zero-order valence-corrected chi connectivity index (χ0v) is 14.6. The number of Topliss-reactive ketones (excluding diaryl/α,β-unsaturated/α-hetero) is 1. The van der Waals surface area contributed by atoms with Crippen molar-refractivity contribution >= 4 is 17.4 Å². The van der Waals surface area contributed by atoms with Gasteiger partial charge in [-0.05, 0) is 31.2 Å². The van der Waals surface area contributed by atoms with E-state index in [9.17, 15) is 14.7 Å². The fourth-order valence-corrected chi connectivity index (χ4v) is 3.07. The molecule has 0 radical (unpaired) electrons. The van der Waals surface area contributed by atoms with Crippen LogP contribution in [0.1, 0.15) is 18.5 Å². The molecule has 0 unspecified atom stereocenters. The molecule has 0 fully saturated rings. The largest absolute Gasteiger partial charge is 0.503 e. The number of pyridine rings is 1. The first kappa shape index (κ1) is 17.5. The molecule has 26 heavy (non-hydrogen) atoms. The summed E-state index contributed by atoms with van der Waals surface area (Å²) in [6, 6.07) is 7.61. The fraction of sp³-hybridized carbons (Fsp3) is 0.211. The Morgan fingerprint density at radius 3 is 2.58 bits per heavy atom. The van der Waals surface area contributed by atoms with Crippen LogP contribution in [0.15, 0.2) is 54.1 Å². The predicted octanol–water partition coefficient (Wildman–Crippen LogP) is 2.59. The maximum absolute atomic E-state index is 12.7. The molecule has 1 aliphatic rings. The quantitative estimate of drug-likeness (QED) is 0.888. The third-order valence-electron chi connectivity index (χ3n) is 4.25. The first-order valence-corrected chi connectivity index (χ1v) is 7.89. The minimum absolute atomic E-state index is 0.0160. The molecule has 1 aromatic heterocycles. The Bertz CT molecular complexity index is 892. The van der Waals surface area contributed by atoms with Crippen molar-refractivity contribution in [3.63, 3.8) is 0 Å². The SMILES string of the molecule is COc1ccc([C@H]2C(C(C)=O)=C(O)C(=O)N2c2cccnc2)c(OC)c1. The van der Waals surface area contributed by atoms with Crippen LogP contribution in [-0.2, 0) is 9.59 Å². The van der Waals surface area contributed by atoms with Crippen LogP contribution in [0.3, 0.4) is 0 Å². The van der Waals surface area contributed by atoms with E-state index in [0.29, 0.717) is 22.7 Å². The maximum atomic E-state index is 12.7. The number of ketones is 1. The molecule has 1 atom stereocenters. The van der Waals surface area contributed by atoms with Gasteiger partial charge in [-0.3, -0.25) is 19.5 Å². The molecule has 1 amide bonds. The minimum Gasteiger partial charge on any atom is -0.503 e. The molecule has 2 heterocycles. The third-order valence-corrected chi connectivity index (χ3v) is 4.25. The molecular weight excluding hydrogens is 336 g/mol. The van der Waals surface area contributed by atoms with Gasteiger partial charge in [-0.15, -0.1) is 0 Å². The number of hydrogen-bond acceptors (Lipinski definition) is 6. The van der Waals surface area contributed by atoms with E-state index in [-0.39, 0.29) is 5.57 Å². The molecule has 7 nitrogen and oxygen atoms in total. The lowest BCUT2D eigenvalue weighted by Crippen LogP contribution is -2.31. The summed E-state index contributed by atoms with van der Waals surface area (Å²) < 4.78 is 10.6. The number of carbonyl (C=O) groups is 2. The van der Waals surface area contributed by atoms with E-state index in [1.54, 1.807) is 36.5 Å². The monoisotopic (exact) mass is 354 g/mol. The summed E-state index contributed by atoms with van der Waals surface area (Å²) in [5, 5.41) is 10.3. The lowest BCUT2D eigenvalue weighted by molar-refractivity contribution is -0.117. The van der Waals surface area contributed by atoms with Crippen LogP contribution in [0.5, 0.6) is 11.5 Å². The number of benzene rings is 1. The summed E-state index contributed by atoms with van der Waals surface area (Å²) in [6.45, 7) is 1.31. The maximum Gasteiger partial charge on any atom is 0.294 e. The van der Waals surface area contributed by atoms with Gasteiger partial charge in [0.15, 0.2) is 11.5 Å². The molecule has 3 rings (SSSR count). The fourth-order valence-electron chi connectivity index (χ4n) is 3.07. The van der Waals surface area contributed by atoms with Gasteiger partial charge in [-0.25, -0.2) is 0 Å². The lowest BCUT2D eigenvalue weighted by Gasteiger charge is -2.27. The average Bonchev–Trinajstić information content (AvgIpc) is 2.93. The van der Waals surface area contributed by atoms with Crippen LogP contribution in [-0.4, -0.2) is 36.0 Å². The average molecular weight is 354 g/mol. The van der Waals surface area contributed by atoms with E-state index in [4.69, 9.17) is 9.47 Å². The summed E-state index contributed by atoms with van der Waals surface area (Å²) >= 11 is 0. The Labute approximate surface area is 150 Å². The summed E-state index contributed by atoms with van der Waals surface area (Å²) in [7, 11) is 3.02. The van der Waals surface area contributed by atoms with Gasteiger partial charge in [0, 0.05) is 17.8 Å². The Kier molecular flexibility index (Phi) is 4.62. The molecule has 0 saturated heterocycles. The van der Waals surface area contributed by atoms with Crippen molar-refractivity contribution in [3.05, 3.63) is 59.6 Å². The number of aromatic nitrogens is 1. The number of methoxy groups -OCH3 is 2. The molecule has 0 bridgehead atoms. The van der Waals surface area contributed by atoms with E-state index in [2.05, 4.69) is 4.98 Å². The highest BCUT2D eigenvalue weighted by molar-refractivity contribution is 6.16. The first-order chi connectivity index (χ1) is 12.5. The Morgan fingerprint density at radius 1 is 1.23 bits per heavy atom. The number of rotatable bonds is 5. The second kappa shape index (κ2) is 6.87. The van der Waals surface area contributed by atoms with Crippen molar-refractivity contribution in [3.8, 4) is 11.5 Å². The Balaban J connectivity index is 2.22. The number of ether oxygens (including phenoxy) is 2. The normalized spacial score (nSPS) is 16.8. The Morgan fingerprint density at radius 2 is 2.00 bits per heavy atom. The number of amides is 1. The molecule has 0 spiro atoms. The van der Waals surface area contributed by atoms with E-state index in [1.165, 1.54) is 32.2 Å². The highest BCUT2D eigenvalue weighted by Crippen LogP contribution is 2.44. The smallest absolute Gasteiger partial charge is 0.294 e. The summed E-state index contributed by atoms with van der Waals surface area (Å²) in [4.78, 5) is 30.3. The van der Waals surface area contributed by atoms with Crippen LogP contribution in [0.2, 0.25) is 0 Å². The van der Waals surface area contributed by atoms with Gasteiger partial charge in [0.05, 0.1) is 37.7 Å². The summed E-state index contributed by atoms with van der Waals surface area (Å²) in [5.74, 6) is -0.620. The number of carbonyl (C=O) groups excluding carboxylic acids is 2. The van der Waals surface area contributed by atoms with Gasteiger partial charge in [-0.2, -0.15) is 0 Å². The van der Waals surface area contributed by atoms with Crippen molar-refractivity contribution in [1.29, 1.82) is 0 Å². The number of hydrogen-bond donors (Lipinski definition) is 1. The predicted molar refractivity (Wildman–Crippen MR) is 94.3 cm³/mol. The molecule has 7 heteroatoms. The summed E-state index contributed by atoms with van der Waals surface area (Å²) in [6.07, 6.45) is 3.07. The molecule has 134 valence electrons. The number of anilines is 1. The standard InChI is InChI=1S/C19H18N2O5/c1-11(22)16-17(14-7-6-13(25-2)9-15(14)26-3)21(19(24)18(16)23)12-5-4-8-20-10-12/h4-10,17,23H,1-3H3/t17-/m0/s1. The van der Waals surface area contributed by atoms with Crippen molar-refractivity contribution in [1.82, 2.24) is 4.98 Å². The van der Waals surface area contributed by atoms with Crippen LogP contribution < -0.4 is 14.4 Å². The van der Waals surface area contributed by atoms with Gasteiger partial charge < -0.3 is 14.6 Å². The van der Waals surface area contributed by atoms with Gasteiger partial charge in [-0.1, -0.05) is 0 Å². The molecule has 0 saturated carbocycles. The molecule has 1 N–H and O–H groups in total. The topological polar surface area (TPSA) is 89.0 Å². The van der Waals surface area contributed by atoms with E-state index in [0.717, 1.165) is 0 Å². The van der Waals surface area contributed by atoms with E-state index < -0.39 is 23.5 Å². The van der Waals surface area contributed by atoms with E-state index >= 15 is 0 Å². The number of aliphatic hydroxyl groups excluding tert-OH is 1. The van der Waals surface area contributed by atoms with Crippen LogP contribution >= 0.6 is 0 Å². The third kappa shape index (κ3) is 2.77. The lowest BCUT2D eigenvalue weighted by atomic mass is 9.95. The highest BCUT2D eigenvalue weighted by atomic mass is 16.5. The number of nitrogens with zero attached hydrogens (tertiary/aromatic N) is 2. The first-order valence-electron chi connectivity index (χ1n) is 7.89. The highest BCUT2D eigenvalue weighted by Gasteiger charge is 2.44. The van der Waals surface area contributed by atoms with Crippen molar-refractivity contribution in [2.75, 3.05) is 19.1 Å². The second-order valence-corrected chi connectivity index (χ2v) is 5.72. The van der Waals surface area contributed by atoms with E-state index in [1.807, 2.05) is 0 Å².